The van der Waals surface area contributed by atoms with Gasteiger partial charge in [-0.3, -0.25) is 9.59 Å². The predicted octanol–water partition coefficient (Wildman–Crippen LogP) is 2.94. The zero-order chi connectivity index (χ0) is 29.4. The molecule has 11 heteroatoms. The number of hydrogen-bond acceptors (Lipinski definition) is 8. The fourth-order valence-electron chi connectivity index (χ4n) is 7.05. The van der Waals surface area contributed by atoms with Gasteiger partial charge < -0.3 is 25.2 Å². The number of amides is 2. The van der Waals surface area contributed by atoms with Gasteiger partial charge in [0, 0.05) is 32.1 Å². The number of carbonyl (C=O) groups excluding carboxylic acids is 2. The number of nitrogens with zero attached hydrogens (tertiary/aromatic N) is 5. The first-order valence-corrected chi connectivity index (χ1v) is 14.8. The molecule has 2 saturated heterocycles. The van der Waals surface area contributed by atoms with Crippen LogP contribution in [-0.4, -0.2) is 71.6 Å². The minimum atomic E-state index is -0.868. The molecule has 42 heavy (non-hydrogen) atoms. The van der Waals surface area contributed by atoms with Crippen molar-refractivity contribution in [3.8, 4) is 12.1 Å². The Bertz CT molecular complexity index is 1470. The van der Waals surface area contributed by atoms with Gasteiger partial charge in [0.2, 0.25) is 11.8 Å². The molecule has 1 aromatic carbocycles. The average Bonchev–Trinajstić information content (AvgIpc) is 3.52. The average molecular weight is 574 g/mol. The second-order valence-electron chi connectivity index (χ2n) is 11.7. The summed E-state index contributed by atoms with van der Waals surface area (Å²) in [5, 5.41) is 16.1. The van der Waals surface area contributed by atoms with Crippen LogP contribution in [0.3, 0.4) is 0 Å². The quantitative estimate of drug-likeness (QED) is 0.506. The van der Waals surface area contributed by atoms with E-state index in [1.54, 1.807) is 17.9 Å². The first-order valence-electron chi connectivity index (χ1n) is 14.8. The molecule has 0 saturated carbocycles. The SMILES string of the molecule is C=CC(=O)N1CCN(c2nc(OC[C@@H]3CCCN3)nc3c2NC(=O)C2(CCCc4c2ccc(F)c4C)C3)CC1CC#N. The summed E-state index contributed by atoms with van der Waals surface area (Å²) in [5.74, 6) is -0.0999. The highest BCUT2D eigenvalue weighted by Crippen LogP contribution is 2.47. The molecule has 0 bridgehead atoms. The standard InChI is InChI=1S/C31H36FN7O3/c1-3-26(40)39-15-14-38(17-21(39)10-12-33)28-27-25(35-30(37-28)42-18-20-6-5-13-34-20)16-31(29(41)36-27)11-4-7-22-19(2)24(32)9-8-23(22)31/h3,8-9,20-21,34H,1,4-7,10-11,13-18H2,2H3,(H,36,41)/t20-,21?,31?/m0/s1. The molecule has 1 aromatic heterocycles. The minimum Gasteiger partial charge on any atom is -0.462 e. The first kappa shape index (κ1) is 28.1. The van der Waals surface area contributed by atoms with E-state index < -0.39 is 5.41 Å². The van der Waals surface area contributed by atoms with Crippen LogP contribution >= 0.6 is 0 Å². The van der Waals surface area contributed by atoms with Crippen molar-refractivity contribution in [2.24, 2.45) is 0 Å². The molecular formula is C31H36FN7O3. The molecule has 0 radical (unpaired) electrons. The van der Waals surface area contributed by atoms with Crippen molar-refractivity contribution in [1.82, 2.24) is 20.2 Å². The van der Waals surface area contributed by atoms with Crippen molar-refractivity contribution < 1.29 is 18.7 Å². The van der Waals surface area contributed by atoms with Crippen molar-refractivity contribution in [1.29, 1.82) is 5.26 Å². The summed E-state index contributed by atoms with van der Waals surface area (Å²) in [6, 6.07) is 5.50. The molecule has 1 spiro atoms. The zero-order valence-corrected chi connectivity index (χ0v) is 23.9. The number of nitrogens with one attached hydrogen (secondary N) is 2. The van der Waals surface area contributed by atoms with Gasteiger partial charge in [0.25, 0.3) is 0 Å². The third-order valence-electron chi connectivity index (χ3n) is 9.31. The highest BCUT2D eigenvalue weighted by Gasteiger charge is 2.49. The van der Waals surface area contributed by atoms with E-state index in [9.17, 15) is 19.2 Å². The molecule has 6 rings (SSSR count). The molecule has 3 atom stereocenters. The maximum absolute atomic E-state index is 14.5. The number of fused-ring (bicyclic) bond motifs is 3. The predicted molar refractivity (Wildman–Crippen MR) is 155 cm³/mol. The number of ether oxygens (including phenoxy) is 1. The lowest BCUT2D eigenvalue weighted by Gasteiger charge is -2.44. The van der Waals surface area contributed by atoms with Gasteiger partial charge in [0.1, 0.15) is 18.1 Å². The van der Waals surface area contributed by atoms with Gasteiger partial charge in [0.15, 0.2) is 5.82 Å². The Labute approximate surface area is 244 Å². The molecule has 2 N–H and O–H groups in total. The maximum atomic E-state index is 14.5. The lowest BCUT2D eigenvalue weighted by Crippen LogP contribution is -2.55. The van der Waals surface area contributed by atoms with Crippen LogP contribution in [-0.2, 0) is 27.8 Å². The fraction of sp³-hybridized carbons (Fsp3) is 0.516. The molecule has 2 fully saturated rings. The van der Waals surface area contributed by atoms with Crippen LogP contribution in [0.4, 0.5) is 15.9 Å². The summed E-state index contributed by atoms with van der Waals surface area (Å²) in [6.45, 7) is 7.96. The molecule has 2 aromatic rings. The number of benzene rings is 1. The van der Waals surface area contributed by atoms with Gasteiger partial charge >= 0.3 is 6.01 Å². The van der Waals surface area contributed by atoms with Crippen LogP contribution in [0, 0.1) is 24.1 Å². The smallest absolute Gasteiger partial charge is 0.318 e. The third-order valence-corrected chi connectivity index (χ3v) is 9.31. The van der Waals surface area contributed by atoms with Crippen molar-refractivity contribution in [2.45, 2.75) is 69.4 Å². The highest BCUT2D eigenvalue weighted by molar-refractivity contribution is 6.04. The Morgan fingerprint density at radius 2 is 2.19 bits per heavy atom. The highest BCUT2D eigenvalue weighted by atomic mass is 19.1. The summed E-state index contributed by atoms with van der Waals surface area (Å²) in [5.41, 5.74) is 2.69. The van der Waals surface area contributed by atoms with Gasteiger partial charge in [-0.15, -0.1) is 0 Å². The van der Waals surface area contributed by atoms with Crippen LogP contribution < -0.4 is 20.3 Å². The molecule has 10 nitrogen and oxygen atoms in total. The number of hydrogen-bond donors (Lipinski definition) is 2. The number of rotatable bonds is 6. The number of anilines is 2. The summed E-state index contributed by atoms with van der Waals surface area (Å²) in [6.07, 6.45) is 6.00. The summed E-state index contributed by atoms with van der Waals surface area (Å²) < 4.78 is 20.7. The maximum Gasteiger partial charge on any atom is 0.318 e. The number of halogens is 1. The van der Waals surface area contributed by atoms with Gasteiger partial charge in [-0.05, 0) is 74.4 Å². The Balaban J connectivity index is 1.39. The topological polar surface area (TPSA) is 123 Å². The summed E-state index contributed by atoms with van der Waals surface area (Å²) in [7, 11) is 0. The number of aromatic nitrogens is 2. The molecular weight excluding hydrogens is 537 g/mol. The summed E-state index contributed by atoms with van der Waals surface area (Å²) in [4.78, 5) is 39.8. The lowest BCUT2D eigenvalue weighted by atomic mass is 9.64. The van der Waals surface area contributed by atoms with E-state index in [0.29, 0.717) is 61.8 Å². The van der Waals surface area contributed by atoms with Crippen LogP contribution in [0.1, 0.15) is 54.5 Å². The fourth-order valence-corrected chi connectivity index (χ4v) is 7.05. The van der Waals surface area contributed by atoms with Crippen LogP contribution in [0.5, 0.6) is 6.01 Å². The minimum absolute atomic E-state index is 0.148. The van der Waals surface area contributed by atoms with Crippen molar-refractivity contribution in [3.63, 3.8) is 0 Å². The van der Waals surface area contributed by atoms with Crippen LogP contribution in [0.25, 0.3) is 0 Å². The Kier molecular flexibility index (Phi) is 7.58. The van der Waals surface area contributed by atoms with E-state index >= 15 is 0 Å². The normalized spacial score (nSPS) is 24.9. The number of piperazine rings is 1. The zero-order valence-electron chi connectivity index (χ0n) is 23.9. The summed E-state index contributed by atoms with van der Waals surface area (Å²) >= 11 is 0. The molecule has 4 aliphatic rings. The molecule has 1 aliphatic carbocycles. The monoisotopic (exact) mass is 573 g/mol. The molecule has 220 valence electrons. The Morgan fingerprint density at radius 3 is 2.95 bits per heavy atom. The van der Waals surface area contributed by atoms with E-state index in [-0.39, 0.29) is 42.1 Å². The third kappa shape index (κ3) is 4.87. The second kappa shape index (κ2) is 11.3. The number of nitriles is 1. The van der Waals surface area contributed by atoms with Crippen LogP contribution in [0.2, 0.25) is 0 Å². The van der Waals surface area contributed by atoms with Crippen LogP contribution in [0.15, 0.2) is 24.8 Å². The largest absolute Gasteiger partial charge is 0.462 e. The second-order valence-corrected chi connectivity index (χ2v) is 11.7. The van der Waals surface area contributed by atoms with Crippen molar-refractivity contribution in [3.05, 3.63) is 53.0 Å². The molecule has 2 unspecified atom stereocenters. The van der Waals surface area contributed by atoms with E-state index in [0.717, 1.165) is 43.4 Å². The van der Waals surface area contributed by atoms with E-state index in [4.69, 9.17) is 14.7 Å². The van der Waals surface area contributed by atoms with Crippen molar-refractivity contribution >= 4 is 23.3 Å². The lowest BCUT2D eigenvalue weighted by molar-refractivity contribution is -0.128. The van der Waals surface area contributed by atoms with Crippen molar-refractivity contribution in [2.75, 3.05) is 43.0 Å². The van der Waals surface area contributed by atoms with Gasteiger partial charge in [0.05, 0.1) is 29.6 Å². The number of carbonyl (C=O) groups is 2. The molecule has 2 amide bonds. The Hall–Kier alpha value is -4.04. The molecule has 4 heterocycles. The molecule has 3 aliphatic heterocycles. The first-order chi connectivity index (χ1) is 20.3. The van der Waals surface area contributed by atoms with Gasteiger partial charge in [-0.25, -0.2) is 4.39 Å². The van der Waals surface area contributed by atoms with E-state index in [1.807, 2.05) is 4.90 Å². The Morgan fingerprint density at radius 1 is 1.33 bits per heavy atom. The van der Waals surface area contributed by atoms with E-state index in [2.05, 4.69) is 23.3 Å². The van der Waals surface area contributed by atoms with E-state index in [1.165, 1.54) is 12.1 Å². The van der Waals surface area contributed by atoms with Gasteiger partial charge in [-0.2, -0.15) is 15.2 Å². The van der Waals surface area contributed by atoms with Gasteiger partial charge in [-0.1, -0.05) is 12.6 Å².